The van der Waals surface area contributed by atoms with E-state index in [2.05, 4.69) is 22.1 Å². The number of carbonyl (C=O) groups is 3. The van der Waals surface area contributed by atoms with Crippen LogP contribution in [0.5, 0.6) is 0 Å². The first-order valence-corrected chi connectivity index (χ1v) is 10.7. The number of aryl methyl sites for hydroxylation is 1. The number of aromatic nitrogens is 2. The molecule has 1 N–H and O–H groups in total. The van der Waals surface area contributed by atoms with Crippen LogP contribution in [0.15, 0.2) is 58.9 Å². The molecule has 2 amide bonds. The third-order valence-corrected chi connectivity index (χ3v) is 4.82. The number of rotatable bonds is 10. The molecular formula is C24H30N4O6. The number of benzene rings is 1. The number of nitrogens with zero attached hydrogens (tertiary/aromatic N) is 3. The Bertz CT molecular complexity index is 1070. The van der Waals surface area contributed by atoms with Crippen LogP contribution in [-0.2, 0) is 14.3 Å². The van der Waals surface area contributed by atoms with Crippen LogP contribution < -0.4 is 5.32 Å². The molecule has 1 atom stereocenters. The first kappa shape index (κ1) is 26.3. The molecule has 34 heavy (non-hydrogen) atoms. The highest BCUT2D eigenvalue weighted by atomic mass is 16.7. The number of hydrogen-bond acceptors (Lipinski definition) is 8. The van der Waals surface area contributed by atoms with Crippen molar-refractivity contribution in [2.45, 2.75) is 52.9 Å². The summed E-state index contributed by atoms with van der Waals surface area (Å²) in [6.45, 7) is 12.2. The lowest BCUT2D eigenvalue weighted by Gasteiger charge is -2.34. The van der Waals surface area contributed by atoms with Gasteiger partial charge in [0.2, 0.25) is 12.2 Å². The molecule has 10 nitrogen and oxygen atoms in total. The molecule has 0 bridgehead atoms. The summed E-state index contributed by atoms with van der Waals surface area (Å²) in [4.78, 5) is 39.1. The van der Waals surface area contributed by atoms with E-state index in [1.54, 1.807) is 71.0 Å². The van der Waals surface area contributed by atoms with Crippen molar-refractivity contribution in [3.8, 4) is 0 Å². The molecule has 2 rings (SSSR count). The van der Waals surface area contributed by atoms with Gasteiger partial charge < -0.3 is 24.1 Å². The number of allylic oxidation sites excluding steroid dienone is 1. The summed E-state index contributed by atoms with van der Waals surface area (Å²) in [7, 11) is 1.52. The predicted octanol–water partition coefficient (Wildman–Crippen LogP) is 3.37. The van der Waals surface area contributed by atoms with Gasteiger partial charge in [-0.3, -0.25) is 9.59 Å². The van der Waals surface area contributed by atoms with E-state index in [0.29, 0.717) is 17.7 Å². The minimum absolute atomic E-state index is 0.186. The topological polar surface area (TPSA) is 124 Å². The van der Waals surface area contributed by atoms with Crippen LogP contribution in [0.1, 0.15) is 61.0 Å². The Kier molecular flexibility index (Phi) is 8.71. The molecule has 10 heteroatoms. The van der Waals surface area contributed by atoms with Crippen LogP contribution in [-0.4, -0.2) is 51.8 Å². The largest absolute Gasteiger partial charge is 0.450 e. The number of hydrogen-bond donors (Lipinski definition) is 1. The fraction of sp³-hybridized carbons (Fsp3) is 0.375. The van der Waals surface area contributed by atoms with E-state index in [0.717, 1.165) is 0 Å². The molecule has 0 saturated heterocycles. The van der Waals surface area contributed by atoms with Gasteiger partial charge in [-0.2, -0.15) is 0 Å². The SMILES string of the molecule is C=C(OC(CC)OC(=O)c1ccccc1)C(=O)N(C)C(=CC)C(C)(C)NC(=O)c1nnc(C)o1. The lowest BCUT2D eigenvalue weighted by molar-refractivity contribution is -0.136. The summed E-state index contributed by atoms with van der Waals surface area (Å²) in [5.74, 6) is -1.88. The van der Waals surface area contributed by atoms with Crippen molar-refractivity contribution in [3.05, 3.63) is 71.8 Å². The van der Waals surface area contributed by atoms with Gasteiger partial charge in [-0.05, 0) is 32.9 Å². The molecule has 1 aromatic heterocycles. The second-order valence-electron chi connectivity index (χ2n) is 7.89. The fourth-order valence-corrected chi connectivity index (χ4v) is 3.22. The molecule has 0 aliphatic carbocycles. The summed E-state index contributed by atoms with van der Waals surface area (Å²) < 4.78 is 16.1. The van der Waals surface area contributed by atoms with Gasteiger partial charge in [0.1, 0.15) is 0 Å². The predicted molar refractivity (Wildman–Crippen MR) is 123 cm³/mol. The van der Waals surface area contributed by atoms with E-state index >= 15 is 0 Å². The number of esters is 1. The van der Waals surface area contributed by atoms with Crippen molar-refractivity contribution < 1.29 is 28.3 Å². The fourth-order valence-electron chi connectivity index (χ4n) is 3.22. The normalized spacial score (nSPS) is 12.5. The standard InChI is InChI=1S/C24H30N4O6/c1-8-18(24(5,6)25-20(29)21-27-26-16(4)33-21)28(7)22(30)15(3)32-19(9-2)34-23(31)17-13-11-10-12-14-17/h8,10-14,19H,3,9H2,1-2,4-7H3,(H,25,29). The lowest BCUT2D eigenvalue weighted by atomic mass is 9.98. The maximum Gasteiger partial charge on any atom is 0.341 e. The van der Waals surface area contributed by atoms with E-state index in [-0.39, 0.29) is 17.5 Å². The zero-order valence-corrected chi connectivity index (χ0v) is 20.2. The Hall–Kier alpha value is -3.95. The highest BCUT2D eigenvalue weighted by Crippen LogP contribution is 2.22. The number of carbonyl (C=O) groups excluding carboxylic acids is 3. The first-order chi connectivity index (χ1) is 16.0. The molecule has 2 aromatic rings. The maximum atomic E-state index is 13.0. The van der Waals surface area contributed by atoms with Crippen molar-refractivity contribution in [2.75, 3.05) is 7.05 Å². The summed E-state index contributed by atoms with van der Waals surface area (Å²) >= 11 is 0. The van der Waals surface area contributed by atoms with Crippen LogP contribution >= 0.6 is 0 Å². The first-order valence-electron chi connectivity index (χ1n) is 10.7. The van der Waals surface area contributed by atoms with Gasteiger partial charge in [-0.25, -0.2) is 4.79 Å². The Morgan fingerprint density at radius 1 is 1.21 bits per heavy atom. The summed E-state index contributed by atoms with van der Waals surface area (Å²) in [5, 5.41) is 10.1. The molecule has 0 spiro atoms. The number of ether oxygens (including phenoxy) is 2. The number of nitrogens with one attached hydrogen (secondary N) is 1. The molecule has 0 aliphatic rings. The van der Waals surface area contributed by atoms with Gasteiger partial charge in [-0.15, -0.1) is 10.2 Å². The molecule has 0 saturated carbocycles. The van der Waals surface area contributed by atoms with E-state index in [4.69, 9.17) is 13.9 Å². The highest BCUT2D eigenvalue weighted by Gasteiger charge is 2.33. The van der Waals surface area contributed by atoms with Crippen molar-refractivity contribution in [1.82, 2.24) is 20.4 Å². The van der Waals surface area contributed by atoms with Crippen molar-refractivity contribution in [1.29, 1.82) is 0 Å². The smallest absolute Gasteiger partial charge is 0.341 e. The Morgan fingerprint density at radius 2 is 1.85 bits per heavy atom. The second-order valence-corrected chi connectivity index (χ2v) is 7.89. The van der Waals surface area contributed by atoms with Crippen LogP contribution in [0.3, 0.4) is 0 Å². The van der Waals surface area contributed by atoms with Crippen LogP contribution in [0.2, 0.25) is 0 Å². The lowest BCUT2D eigenvalue weighted by Crippen LogP contribution is -2.50. The number of likely N-dealkylation sites (N-methyl/N-ethyl adjacent to an activating group) is 1. The monoisotopic (exact) mass is 470 g/mol. The van der Waals surface area contributed by atoms with E-state index < -0.39 is 29.6 Å². The van der Waals surface area contributed by atoms with Crippen LogP contribution in [0.4, 0.5) is 0 Å². The molecule has 1 aromatic carbocycles. The molecule has 182 valence electrons. The molecular weight excluding hydrogens is 440 g/mol. The van der Waals surface area contributed by atoms with Crippen LogP contribution in [0, 0.1) is 6.92 Å². The third kappa shape index (κ3) is 6.53. The van der Waals surface area contributed by atoms with Gasteiger partial charge >= 0.3 is 17.8 Å². The average Bonchev–Trinajstić information content (AvgIpc) is 3.24. The minimum atomic E-state index is -1.000. The van der Waals surface area contributed by atoms with Crippen LogP contribution in [0.25, 0.3) is 0 Å². The average molecular weight is 471 g/mol. The van der Waals surface area contributed by atoms with E-state index in [1.807, 2.05) is 0 Å². The van der Waals surface area contributed by atoms with Gasteiger partial charge in [0, 0.05) is 26.1 Å². The summed E-state index contributed by atoms with van der Waals surface area (Å²) in [6.07, 6.45) is 0.980. The van der Waals surface area contributed by atoms with Crippen molar-refractivity contribution in [2.24, 2.45) is 0 Å². The van der Waals surface area contributed by atoms with Crippen molar-refractivity contribution >= 4 is 17.8 Å². The summed E-state index contributed by atoms with van der Waals surface area (Å²) in [6, 6.07) is 8.45. The van der Waals surface area contributed by atoms with Crippen molar-refractivity contribution in [3.63, 3.8) is 0 Å². The van der Waals surface area contributed by atoms with Gasteiger partial charge in [0.15, 0.2) is 5.76 Å². The third-order valence-electron chi connectivity index (χ3n) is 4.82. The Balaban J connectivity index is 2.06. The maximum absolute atomic E-state index is 13.0. The van der Waals surface area contributed by atoms with Gasteiger partial charge in [-0.1, -0.05) is 37.8 Å². The van der Waals surface area contributed by atoms with E-state index in [1.165, 1.54) is 11.9 Å². The molecule has 0 aliphatic heterocycles. The van der Waals surface area contributed by atoms with E-state index in [9.17, 15) is 14.4 Å². The molecule has 0 radical (unpaired) electrons. The molecule has 0 fully saturated rings. The molecule has 1 unspecified atom stereocenters. The summed E-state index contributed by atoms with van der Waals surface area (Å²) in [5.41, 5.74) is -0.173. The molecule has 1 heterocycles. The van der Waals surface area contributed by atoms with Gasteiger partial charge in [0.25, 0.3) is 5.91 Å². The minimum Gasteiger partial charge on any atom is -0.450 e. The Morgan fingerprint density at radius 3 is 2.38 bits per heavy atom. The highest BCUT2D eigenvalue weighted by molar-refractivity contribution is 5.93. The number of amides is 2. The van der Waals surface area contributed by atoms with Gasteiger partial charge in [0.05, 0.1) is 11.1 Å². The zero-order chi connectivity index (χ0) is 25.5. The second kappa shape index (κ2) is 11.3. The quantitative estimate of drug-likeness (QED) is 0.243. The Labute approximate surface area is 198 Å². The zero-order valence-electron chi connectivity index (χ0n) is 20.2.